The van der Waals surface area contributed by atoms with E-state index in [1.54, 1.807) is 15.8 Å². The van der Waals surface area contributed by atoms with Crippen molar-refractivity contribution in [2.75, 3.05) is 13.1 Å². The maximum Gasteiger partial charge on any atom is 0.228 e. The van der Waals surface area contributed by atoms with Gasteiger partial charge in [0.05, 0.1) is 12.7 Å². The van der Waals surface area contributed by atoms with E-state index in [9.17, 15) is 9.90 Å². The molecule has 2 rings (SSSR count). The maximum atomic E-state index is 12.4. The second-order valence-electron chi connectivity index (χ2n) is 7.29. The predicted molar refractivity (Wildman–Crippen MR) is 79.6 cm³/mol. The predicted octanol–water partition coefficient (Wildman–Crippen LogP) is 1.72. The van der Waals surface area contributed by atoms with Crippen molar-refractivity contribution in [3.05, 3.63) is 11.9 Å². The number of amides is 1. The Kier molecular flexibility index (Phi) is 4.10. The van der Waals surface area contributed by atoms with Crippen LogP contribution in [0.4, 0.5) is 0 Å². The highest BCUT2D eigenvalue weighted by Crippen LogP contribution is 2.32. The molecule has 1 saturated heterocycles. The third-order valence-corrected chi connectivity index (χ3v) is 3.92. The van der Waals surface area contributed by atoms with Crippen LogP contribution < -0.4 is 0 Å². The van der Waals surface area contributed by atoms with Gasteiger partial charge in [-0.05, 0) is 26.7 Å². The van der Waals surface area contributed by atoms with Crippen molar-refractivity contribution in [3.63, 3.8) is 0 Å². The number of carbonyl (C=O) groups is 1. The summed E-state index contributed by atoms with van der Waals surface area (Å²) >= 11 is 0. The van der Waals surface area contributed by atoms with Crippen molar-refractivity contribution in [3.8, 4) is 0 Å². The summed E-state index contributed by atoms with van der Waals surface area (Å²) in [5, 5.41) is 19.1. The van der Waals surface area contributed by atoms with E-state index < -0.39 is 11.0 Å². The topological polar surface area (TPSA) is 71.2 Å². The van der Waals surface area contributed by atoms with Crippen molar-refractivity contribution in [1.29, 1.82) is 0 Å². The molecule has 1 N–H and O–H groups in total. The van der Waals surface area contributed by atoms with Crippen LogP contribution >= 0.6 is 0 Å². The van der Waals surface area contributed by atoms with E-state index in [0.29, 0.717) is 25.2 Å². The molecule has 1 fully saturated rings. The fourth-order valence-electron chi connectivity index (χ4n) is 2.64. The molecule has 118 valence electrons. The molecule has 0 spiro atoms. The molecule has 0 bridgehead atoms. The Bertz CT molecular complexity index is 518. The Morgan fingerprint density at radius 1 is 1.43 bits per heavy atom. The quantitative estimate of drug-likeness (QED) is 0.901. The summed E-state index contributed by atoms with van der Waals surface area (Å²) in [5.41, 5.74) is -0.970. The van der Waals surface area contributed by atoms with Crippen molar-refractivity contribution in [2.45, 2.75) is 59.1 Å². The number of β-amino-alcohol motifs (C(OH)–C–C–N with tert-alkyl or cyclic N) is 1. The lowest BCUT2D eigenvalue weighted by atomic mass is 9.87. The van der Waals surface area contributed by atoms with E-state index in [1.165, 1.54) is 0 Å². The smallest absolute Gasteiger partial charge is 0.228 e. The highest BCUT2D eigenvalue weighted by atomic mass is 16.3. The Morgan fingerprint density at radius 2 is 2.10 bits per heavy atom. The number of rotatable bonds is 2. The Labute approximate surface area is 126 Å². The molecule has 0 aliphatic carbocycles. The van der Waals surface area contributed by atoms with E-state index in [1.807, 2.05) is 34.6 Å². The van der Waals surface area contributed by atoms with Crippen LogP contribution in [-0.2, 0) is 10.4 Å². The Balaban J connectivity index is 2.20. The molecule has 1 aliphatic rings. The minimum atomic E-state index is -1.09. The average molecular weight is 294 g/mol. The maximum absolute atomic E-state index is 12.4. The number of likely N-dealkylation sites (tertiary alicyclic amines) is 1. The molecule has 0 saturated carbocycles. The van der Waals surface area contributed by atoms with Gasteiger partial charge in [0.25, 0.3) is 0 Å². The standard InChI is InChI=1S/C15H26N4O2/c1-11(2)19-9-12(16-17-19)15(21)7-6-8-18(10-15)13(20)14(3,4)5/h9,11,21H,6-8,10H2,1-5H3/t15-/m0/s1. The fourth-order valence-corrected chi connectivity index (χ4v) is 2.64. The van der Waals surface area contributed by atoms with Crippen LogP contribution in [0, 0.1) is 5.41 Å². The first-order chi connectivity index (χ1) is 9.63. The Hall–Kier alpha value is -1.43. The molecule has 6 nitrogen and oxygen atoms in total. The molecule has 1 aromatic heterocycles. The summed E-state index contributed by atoms with van der Waals surface area (Å²) in [6, 6.07) is 0.200. The summed E-state index contributed by atoms with van der Waals surface area (Å²) in [7, 11) is 0. The molecule has 2 heterocycles. The first-order valence-electron chi connectivity index (χ1n) is 7.57. The number of piperidine rings is 1. The van der Waals surface area contributed by atoms with E-state index in [-0.39, 0.29) is 11.9 Å². The van der Waals surface area contributed by atoms with Gasteiger partial charge in [-0.3, -0.25) is 4.79 Å². The number of aromatic nitrogens is 3. The highest BCUT2D eigenvalue weighted by molar-refractivity contribution is 5.81. The van der Waals surface area contributed by atoms with Gasteiger partial charge in [-0.15, -0.1) is 5.10 Å². The van der Waals surface area contributed by atoms with E-state index >= 15 is 0 Å². The van der Waals surface area contributed by atoms with Gasteiger partial charge in [-0.25, -0.2) is 4.68 Å². The van der Waals surface area contributed by atoms with E-state index in [2.05, 4.69) is 10.3 Å². The second-order valence-corrected chi connectivity index (χ2v) is 7.29. The van der Waals surface area contributed by atoms with Crippen molar-refractivity contribution < 1.29 is 9.90 Å². The van der Waals surface area contributed by atoms with Crippen LogP contribution in [-0.4, -0.2) is 44.0 Å². The van der Waals surface area contributed by atoms with Crippen LogP contribution in [0.3, 0.4) is 0 Å². The molecular weight excluding hydrogens is 268 g/mol. The summed E-state index contributed by atoms with van der Waals surface area (Å²) in [6.07, 6.45) is 3.17. The van der Waals surface area contributed by atoms with Gasteiger partial charge in [-0.2, -0.15) is 0 Å². The number of aliphatic hydroxyl groups is 1. The summed E-state index contributed by atoms with van der Waals surface area (Å²) < 4.78 is 1.73. The number of hydrogen-bond acceptors (Lipinski definition) is 4. The second kappa shape index (κ2) is 5.40. The fraction of sp³-hybridized carbons (Fsp3) is 0.800. The lowest BCUT2D eigenvalue weighted by Crippen LogP contribution is -2.51. The molecule has 1 aromatic rings. The minimum Gasteiger partial charge on any atom is -0.382 e. The van der Waals surface area contributed by atoms with Crippen LogP contribution in [0.15, 0.2) is 6.20 Å². The number of hydrogen-bond donors (Lipinski definition) is 1. The van der Waals surface area contributed by atoms with Gasteiger partial charge in [0, 0.05) is 18.0 Å². The zero-order valence-electron chi connectivity index (χ0n) is 13.6. The average Bonchev–Trinajstić information content (AvgIpc) is 2.87. The van der Waals surface area contributed by atoms with Crippen molar-refractivity contribution >= 4 is 5.91 Å². The van der Waals surface area contributed by atoms with E-state index in [4.69, 9.17) is 0 Å². The zero-order valence-corrected chi connectivity index (χ0v) is 13.6. The summed E-state index contributed by atoms with van der Waals surface area (Å²) in [6.45, 7) is 10.7. The van der Waals surface area contributed by atoms with Crippen LogP contribution in [0.1, 0.15) is 59.2 Å². The SMILES string of the molecule is CC(C)n1cc([C@]2(O)CCCN(C(=O)C(C)(C)C)C2)nn1. The highest BCUT2D eigenvalue weighted by Gasteiger charge is 2.41. The van der Waals surface area contributed by atoms with Gasteiger partial charge in [-0.1, -0.05) is 26.0 Å². The van der Waals surface area contributed by atoms with Gasteiger partial charge >= 0.3 is 0 Å². The molecule has 1 atom stereocenters. The summed E-state index contributed by atoms with van der Waals surface area (Å²) in [5.74, 6) is 0.0666. The van der Waals surface area contributed by atoms with Crippen molar-refractivity contribution in [2.24, 2.45) is 5.41 Å². The van der Waals surface area contributed by atoms with Crippen LogP contribution in [0.5, 0.6) is 0 Å². The summed E-state index contributed by atoms with van der Waals surface area (Å²) in [4.78, 5) is 14.2. The van der Waals surface area contributed by atoms with Gasteiger partial charge in [0.2, 0.25) is 5.91 Å². The lowest BCUT2D eigenvalue weighted by molar-refractivity contribution is -0.147. The molecular formula is C15H26N4O2. The molecule has 1 aliphatic heterocycles. The first kappa shape index (κ1) is 15.9. The third kappa shape index (κ3) is 3.26. The first-order valence-corrected chi connectivity index (χ1v) is 7.57. The minimum absolute atomic E-state index is 0.0666. The van der Waals surface area contributed by atoms with Crippen LogP contribution in [0.25, 0.3) is 0 Å². The molecule has 6 heteroatoms. The molecule has 1 amide bonds. The molecule has 0 aromatic carbocycles. The Morgan fingerprint density at radius 3 is 2.62 bits per heavy atom. The molecule has 0 radical (unpaired) electrons. The lowest BCUT2D eigenvalue weighted by Gasteiger charge is -2.40. The van der Waals surface area contributed by atoms with Gasteiger partial charge < -0.3 is 10.0 Å². The van der Waals surface area contributed by atoms with Gasteiger partial charge in [0.15, 0.2) is 0 Å². The van der Waals surface area contributed by atoms with Crippen molar-refractivity contribution in [1.82, 2.24) is 19.9 Å². The number of carbonyl (C=O) groups excluding carboxylic acids is 1. The third-order valence-electron chi connectivity index (χ3n) is 3.92. The van der Waals surface area contributed by atoms with E-state index in [0.717, 1.165) is 6.42 Å². The van der Waals surface area contributed by atoms with Crippen LogP contribution in [0.2, 0.25) is 0 Å². The molecule has 21 heavy (non-hydrogen) atoms. The number of nitrogens with zero attached hydrogens (tertiary/aromatic N) is 4. The normalized spacial score (nSPS) is 23.7. The monoisotopic (exact) mass is 294 g/mol. The van der Waals surface area contributed by atoms with Gasteiger partial charge in [0.1, 0.15) is 11.3 Å². The zero-order chi connectivity index (χ0) is 15.8. The molecule has 0 unspecified atom stereocenters. The largest absolute Gasteiger partial charge is 0.382 e.